The Morgan fingerprint density at radius 1 is 1.50 bits per heavy atom. The van der Waals surface area contributed by atoms with Crippen LogP contribution in [0.25, 0.3) is 5.69 Å². The Bertz CT molecular complexity index is 663. The molecule has 104 valence electrons. The average molecular weight is 275 g/mol. The minimum atomic E-state index is -0.800. The van der Waals surface area contributed by atoms with Crippen LogP contribution in [0.4, 0.5) is 5.69 Å². The van der Waals surface area contributed by atoms with Gasteiger partial charge in [-0.1, -0.05) is 12.1 Å². The van der Waals surface area contributed by atoms with Crippen molar-refractivity contribution in [2.45, 2.75) is 13.8 Å². The van der Waals surface area contributed by atoms with Gasteiger partial charge in [0.15, 0.2) is 0 Å². The molecule has 7 nitrogen and oxygen atoms in total. The maximum atomic E-state index is 11.7. The number of hydrogen-bond donors (Lipinski definition) is 0. The first-order valence-electron chi connectivity index (χ1n) is 6.01. The summed E-state index contributed by atoms with van der Waals surface area (Å²) in [5.41, 5.74) is 0.963. The SMILES string of the molecule is CCOC(=O)c1nn(-c2cccc(C)c2)cc1[N+](=O)[O-]. The number of rotatable bonds is 4. The van der Waals surface area contributed by atoms with Crippen LogP contribution in [-0.2, 0) is 4.74 Å². The van der Waals surface area contributed by atoms with Crippen molar-refractivity contribution in [3.05, 3.63) is 51.8 Å². The number of carbonyl (C=O) groups is 1. The first-order valence-corrected chi connectivity index (χ1v) is 6.01. The maximum Gasteiger partial charge on any atom is 0.366 e. The summed E-state index contributed by atoms with van der Waals surface area (Å²) in [6.45, 7) is 3.66. The van der Waals surface area contributed by atoms with Crippen molar-refractivity contribution in [3.63, 3.8) is 0 Å². The smallest absolute Gasteiger partial charge is 0.366 e. The van der Waals surface area contributed by atoms with E-state index >= 15 is 0 Å². The summed E-state index contributed by atoms with van der Waals surface area (Å²) in [6, 6.07) is 7.26. The highest BCUT2D eigenvalue weighted by molar-refractivity contribution is 5.91. The van der Waals surface area contributed by atoms with Gasteiger partial charge in [0.05, 0.1) is 17.2 Å². The van der Waals surface area contributed by atoms with E-state index in [1.54, 1.807) is 13.0 Å². The van der Waals surface area contributed by atoms with Crippen LogP contribution in [0, 0.1) is 17.0 Å². The Morgan fingerprint density at radius 3 is 2.85 bits per heavy atom. The standard InChI is InChI=1S/C13H13N3O4/c1-3-20-13(17)12-11(16(18)19)8-15(14-12)10-6-4-5-9(2)7-10/h4-8H,3H2,1-2H3. The Kier molecular flexibility index (Phi) is 3.79. The summed E-state index contributed by atoms with van der Waals surface area (Å²) >= 11 is 0. The molecule has 0 unspecified atom stereocenters. The fraction of sp³-hybridized carbons (Fsp3) is 0.231. The Labute approximate surface area is 114 Å². The van der Waals surface area contributed by atoms with E-state index in [0.29, 0.717) is 5.69 Å². The molecule has 0 saturated heterocycles. The number of nitro groups is 1. The Hall–Kier alpha value is -2.70. The zero-order valence-electron chi connectivity index (χ0n) is 11.1. The normalized spacial score (nSPS) is 10.3. The second-order valence-electron chi connectivity index (χ2n) is 4.12. The quantitative estimate of drug-likeness (QED) is 0.485. The minimum Gasteiger partial charge on any atom is -0.461 e. The summed E-state index contributed by atoms with van der Waals surface area (Å²) in [5, 5.41) is 14.9. The third-order valence-electron chi connectivity index (χ3n) is 2.63. The van der Waals surface area contributed by atoms with Gasteiger partial charge in [-0.3, -0.25) is 10.1 Å². The highest BCUT2D eigenvalue weighted by atomic mass is 16.6. The molecule has 1 heterocycles. The van der Waals surface area contributed by atoms with E-state index in [2.05, 4.69) is 5.10 Å². The molecule has 0 spiro atoms. The van der Waals surface area contributed by atoms with Crippen molar-refractivity contribution in [1.82, 2.24) is 9.78 Å². The Balaban J connectivity index is 2.49. The molecule has 1 aromatic carbocycles. The van der Waals surface area contributed by atoms with Crippen LogP contribution in [0.1, 0.15) is 23.0 Å². The highest BCUT2D eigenvalue weighted by Gasteiger charge is 2.27. The van der Waals surface area contributed by atoms with Crippen molar-refractivity contribution in [2.75, 3.05) is 6.61 Å². The lowest BCUT2D eigenvalue weighted by molar-refractivity contribution is -0.385. The van der Waals surface area contributed by atoms with Gasteiger partial charge in [-0.25, -0.2) is 9.48 Å². The van der Waals surface area contributed by atoms with E-state index < -0.39 is 10.9 Å². The third kappa shape index (κ3) is 2.66. The number of aryl methyl sites for hydroxylation is 1. The maximum absolute atomic E-state index is 11.7. The molecule has 0 atom stereocenters. The van der Waals surface area contributed by atoms with Crippen LogP contribution in [0.15, 0.2) is 30.5 Å². The molecule has 1 aromatic heterocycles. The molecular formula is C13H13N3O4. The molecule has 0 amide bonds. The van der Waals surface area contributed by atoms with Gasteiger partial charge in [0.2, 0.25) is 5.69 Å². The number of aromatic nitrogens is 2. The zero-order chi connectivity index (χ0) is 14.7. The van der Waals surface area contributed by atoms with Crippen LogP contribution in [0.2, 0.25) is 0 Å². The molecule has 0 fully saturated rings. The largest absolute Gasteiger partial charge is 0.461 e. The number of ether oxygens (including phenoxy) is 1. The highest BCUT2D eigenvalue weighted by Crippen LogP contribution is 2.20. The minimum absolute atomic E-state index is 0.132. The molecule has 0 N–H and O–H groups in total. The predicted molar refractivity (Wildman–Crippen MR) is 70.9 cm³/mol. The number of nitrogens with zero attached hydrogens (tertiary/aromatic N) is 3. The molecule has 0 saturated carbocycles. The van der Waals surface area contributed by atoms with Crippen LogP contribution < -0.4 is 0 Å². The molecule has 2 aromatic rings. The molecule has 0 bridgehead atoms. The van der Waals surface area contributed by atoms with Crippen LogP contribution in [0.3, 0.4) is 0 Å². The van der Waals surface area contributed by atoms with E-state index in [4.69, 9.17) is 4.74 Å². The van der Waals surface area contributed by atoms with Crippen molar-refractivity contribution >= 4 is 11.7 Å². The molecule has 0 radical (unpaired) electrons. The second-order valence-corrected chi connectivity index (χ2v) is 4.12. The van der Waals surface area contributed by atoms with Gasteiger partial charge in [0, 0.05) is 0 Å². The van der Waals surface area contributed by atoms with E-state index in [1.165, 1.54) is 10.9 Å². The molecule has 7 heteroatoms. The average Bonchev–Trinajstić information content (AvgIpc) is 2.84. The third-order valence-corrected chi connectivity index (χ3v) is 2.63. The van der Waals surface area contributed by atoms with Gasteiger partial charge < -0.3 is 4.74 Å². The number of esters is 1. The fourth-order valence-electron chi connectivity index (χ4n) is 1.75. The molecule has 20 heavy (non-hydrogen) atoms. The summed E-state index contributed by atoms with van der Waals surface area (Å²) in [6.07, 6.45) is 1.21. The molecule has 0 aliphatic carbocycles. The lowest BCUT2D eigenvalue weighted by atomic mass is 10.2. The summed E-state index contributed by atoms with van der Waals surface area (Å²) < 4.78 is 6.08. The van der Waals surface area contributed by atoms with Crippen molar-refractivity contribution in [3.8, 4) is 5.69 Å². The van der Waals surface area contributed by atoms with Crippen molar-refractivity contribution < 1.29 is 14.5 Å². The van der Waals surface area contributed by atoms with Gasteiger partial charge in [-0.05, 0) is 31.5 Å². The topological polar surface area (TPSA) is 87.3 Å². The van der Waals surface area contributed by atoms with Gasteiger partial charge in [0.1, 0.15) is 6.20 Å². The first kappa shape index (κ1) is 13.7. The van der Waals surface area contributed by atoms with Crippen LogP contribution in [-0.4, -0.2) is 27.3 Å². The number of carbonyl (C=O) groups excluding carboxylic acids is 1. The Morgan fingerprint density at radius 2 is 2.25 bits per heavy atom. The van der Waals surface area contributed by atoms with E-state index in [-0.39, 0.29) is 18.0 Å². The van der Waals surface area contributed by atoms with Gasteiger partial charge in [-0.2, -0.15) is 5.10 Å². The van der Waals surface area contributed by atoms with Gasteiger partial charge in [0.25, 0.3) is 0 Å². The van der Waals surface area contributed by atoms with E-state index in [9.17, 15) is 14.9 Å². The van der Waals surface area contributed by atoms with E-state index in [1.807, 2.05) is 25.1 Å². The zero-order valence-corrected chi connectivity index (χ0v) is 11.1. The number of benzene rings is 1. The first-order chi connectivity index (χ1) is 9.52. The molecule has 0 aliphatic rings. The second kappa shape index (κ2) is 5.52. The van der Waals surface area contributed by atoms with Crippen LogP contribution >= 0.6 is 0 Å². The summed E-state index contributed by atoms with van der Waals surface area (Å²) in [5.74, 6) is -0.800. The summed E-state index contributed by atoms with van der Waals surface area (Å²) in [4.78, 5) is 22.0. The van der Waals surface area contributed by atoms with Crippen molar-refractivity contribution in [2.24, 2.45) is 0 Å². The lowest BCUT2D eigenvalue weighted by Gasteiger charge is -2.01. The predicted octanol–water partition coefficient (Wildman–Crippen LogP) is 2.27. The fourth-order valence-corrected chi connectivity index (χ4v) is 1.75. The molecular weight excluding hydrogens is 262 g/mol. The summed E-state index contributed by atoms with van der Waals surface area (Å²) in [7, 11) is 0. The van der Waals surface area contributed by atoms with Crippen molar-refractivity contribution in [1.29, 1.82) is 0 Å². The van der Waals surface area contributed by atoms with E-state index in [0.717, 1.165) is 5.56 Å². The van der Waals surface area contributed by atoms with Crippen LogP contribution in [0.5, 0.6) is 0 Å². The van der Waals surface area contributed by atoms with Gasteiger partial charge in [-0.15, -0.1) is 0 Å². The lowest BCUT2D eigenvalue weighted by Crippen LogP contribution is -2.08. The monoisotopic (exact) mass is 275 g/mol. The number of hydrogen-bond acceptors (Lipinski definition) is 5. The molecule has 0 aliphatic heterocycles. The molecule has 2 rings (SSSR count). The van der Waals surface area contributed by atoms with Gasteiger partial charge >= 0.3 is 11.7 Å².